The van der Waals surface area contributed by atoms with E-state index in [4.69, 9.17) is 0 Å². The van der Waals surface area contributed by atoms with Gasteiger partial charge in [-0.15, -0.1) is 12.4 Å². The van der Waals surface area contributed by atoms with Crippen molar-refractivity contribution >= 4 is 53.5 Å². The van der Waals surface area contributed by atoms with Crippen molar-refractivity contribution < 1.29 is 14.4 Å². The number of hydrogen-bond acceptors (Lipinski definition) is 4. The van der Waals surface area contributed by atoms with Gasteiger partial charge in [0.1, 0.15) is 0 Å². The zero-order valence-electron chi connectivity index (χ0n) is 18.5. The maximum atomic E-state index is 13.1. The molecule has 0 saturated carbocycles. The molecule has 2 N–H and O–H groups in total. The Morgan fingerprint density at radius 2 is 1.19 bits per heavy atom. The molecule has 168 valence electrons. The van der Waals surface area contributed by atoms with Crippen molar-refractivity contribution in [3.05, 3.63) is 70.8 Å². The summed E-state index contributed by atoms with van der Waals surface area (Å²) in [5.41, 5.74) is 4.75. The molecule has 0 spiro atoms. The van der Waals surface area contributed by atoms with Gasteiger partial charge in [-0.3, -0.25) is 19.3 Å². The van der Waals surface area contributed by atoms with Crippen molar-refractivity contribution in [1.29, 1.82) is 0 Å². The summed E-state index contributed by atoms with van der Waals surface area (Å²) < 4.78 is 0. The number of carbonyl (C=O) groups is 3. The van der Waals surface area contributed by atoms with E-state index in [1.807, 2.05) is 60.7 Å². The molecule has 0 unspecified atom stereocenters. The smallest absolute Gasteiger partial charge is 0.221 e. The Hall–Kier alpha value is -3.22. The monoisotopic (exact) mass is 453 g/mol. The van der Waals surface area contributed by atoms with Gasteiger partial charge in [0.2, 0.25) is 11.8 Å². The van der Waals surface area contributed by atoms with Gasteiger partial charge in [-0.2, -0.15) is 0 Å². The lowest BCUT2D eigenvalue weighted by molar-refractivity contribution is -0.115. The van der Waals surface area contributed by atoms with E-state index < -0.39 is 0 Å². The quantitative estimate of drug-likeness (QED) is 0.658. The van der Waals surface area contributed by atoms with E-state index in [0.29, 0.717) is 13.1 Å². The van der Waals surface area contributed by atoms with Crippen molar-refractivity contribution in [1.82, 2.24) is 4.90 Å². The van der Waals surface area contributed by atoms with Gasteiger partial charge in [-0.1, -0.05) is 31.2 Å². The van der Waals surface area contributed by atoms with Crippen LogP contribution in [0.15, 0.2) is 59.7 Å². The molecule has 0 radical (unpaired) electrons. The predicted octanol–water partition coefficient (Wildman–Crippen LogP) is 4.40. The number of nitrogens with one attached hydrogen (secondary N) is 2. The van der Waals surface area contributed by atoms with Gasteiger partial charge < -0.3 is 10.6 Å². The average molecular weight is 454 g/mol. The summed E-state index contributed by atoms with van der Waals surface area (Å²) in [6.07, 6.45) is 3.82. The second kappa shape index (κ2) is 11.4. The number of hydrogen-bond donors (Lipinski definition) is 2. The van der Waals surface area contributed by atoms with Crippen molar-refractivity contribution in [3.63, 3.8) is 0 Å². The molecule has 2 amide bonds. The number of benzene rings is 2. The van der Waals surface area contributed by atoms with E-state index in [9.17, 15) is 14.4 Å². The van der Waals surface area contributed by atoms with Crippen LogP contribution in [0, 0.1) is 0 Å². The lowest BCUT2D eigenvalue weighted by atomic mass is 9.94. The largest absolute Gasteiger partial charge is 0.326 e. The van der Waals surface area contributed by atoms with Gasteiger partial charge in [0.15, 0.2) is 5.78 Å². The molecule has 6 nitrogen and oxygen atoms in total. The molecule has 7 heteroatoms. The molecule has 1 aliphatic heterocycles. The van der Waals surface area contributed by atoms with Gasteiger partial charge in [-0.05, 0) is 54.1 Å². The number of ketones is 1. The Morgan fingerprint density at radius 1 is 0.812 bits per heavy atom. The molecule has 2 aromatic carbocycles. The van der Waals surface area contributed by atoms with Gasteiger partial charge >= 0.3 is 0 Å². The van der Waals surface area contributed by atoms with Gasteiger partial charge in [0.25, 0.3) is 0 Å². The Kier molecular flexibility index (Phi) is 8.93. The third kappa shape index (κ3) is 6.90. The Bertz CT molecular complexity index is 960. The summed E-state index contributed by atoms with van der Waals surface area (Å²) >= 11 is 0. The van der Waals surface area contributed by atoms with Crippen LogP contribution in [0.5, 0.6) is 0 Å². The first kappa shape index (κ1) is 25.0. The van der Waals surface area contributed by atoms with Crippen LogP contribution in [0.1, 0.15) is 31.9 Å². The van der Waals surface area contributed by atoms with Gasteiger partial charge in [0.05, 0.1) is 0 Å². The van der Waals surface area contributed by atoms with Crippen LogP contribution < -0.4 is 10.6 Å². The maximum Gasteiger partial charge on any atom is 0.221 e. The highest BCUT2D eigenvalue weighted by molar-refractivity contribution is 6.14. The maximum absolute atomic E-state index is 13.1. The van der Waals surface area contributed by atoms with Crippen molar-refractivity contribution in [2.45, 2.75) is 20.8 Å². The van der Waals surface area contributed by atoms with Crippen LogP contribution in [0.4, 0.5) is 11.4 Å². The van der Waals surface area contributed by atoms with Crippen LogP contribution in [0.25, 0.3) is 12.2 Å². The first-order valence-electron chi connectivity index (χ1n) is 10.3. The zero-order valence-corrected chi connectivity index (χ0v) is 19.3. The molecule has 1 heterocycles. The minimum atomic E-state index is -0.118. The van der Waals surface area contributed by atoms with Crippen molar-refractivity contribution in [2.75, 3.05) is 30.3 Å². The van der Waals surface area contributed by atoms with Crippen LogP contribution in [0.3, 0.4) is 0 Å². The molecule has 3 rings (SSSR count). The highest BCUT2D eigenvalue weighted by Crippen LogP contribution is 2.23. The highest BCUT2D eigenvalue weighted by atomic mass is 35.5. The van der Waals surface area contributed by atoms with Crippen LogP contribution in [-0.4, -0.2) is 42.1 Å². The molecular weight excluding hydrogens is 426 g/mol. The summed E-state index contributed by atoms with van der Waals surface area (Å²) in [5, 5.41) is 5.48. The number of nitrogens with zero attached hydrogens (tertiary/aromatic N) is 1. The number of carbonyl (C=O) groups excluding carboxylic acids is 3. The molecule has 0 aliphatic carbocycles. The summed E-state index contributed by atoms with van der Waals surface area (Å²) in [5.74, 6) is -0.194. The fourth-order valence-electron chi connectivity index (χ4n) is 3.47. The molecule has 2 aromatic rings. The lowest BCUT2D eigenvalue weighted by Gasteiger charge is -2.28. The third-order valence-corrected chi connectivity index (χ3v) is 4.96. The number of likely N-dealkylation sites (N-methyl/N-ethyl adjacent to an activating group) is 1. The number of anilines is 2. The Labute approximate surface area is 194 Å². The Morgan fingerprint density at radius 3 is 1.50 bits per heavy atom. The standard InChI is InChI=1S/C25H27N3O3.ClH/c1-4-28-15-21(13-19-5-9-23(10-6-19)26-17(2)29)25(31)22(16-28)14-20-7-11-24(12-8-20)27-18(3)30;/h5-14H,4,15-16H2,1-3H3,(H,26,29)(H,27,30);1H. The average Bonchev–Trinajstić information content (AvgIpc) is 2.73. The van der Waals surface area contributed by atoms with Gasteiger partial charge in [0, 0.05) is 49.5 Å². The minimum absolute atomic E-state index is 0. The molecule has 1 fully saturated rings. The number of rotatable bonds is 5. The molecule has 0 atom stereocenters. The molecule has 0 aromatic heterocycles. The fourth-order valence-corrected chi connectivity index (χ4v) is 3.47. The SMILES string of the molecule is CCN1CC(=Cc2ccc(NC(C)=O)cc2)C(=O)C(=Cc2ccc(NC(C)=O)cc2)C1.Cl. The third-order valence-electron chi connectivity index (χ3n) is 4.96. The van der Waals surface area contributed by atoms with E-state index >= 15 is 0 Å². The van der Waals surface area contributed by atoms with Gasteiger partial charge in [-0.25, -0.2) is 0 Å². The van der Waals surface area contributed by atoms with Crippen molar-refractivity contribution in [3.8, 4) is 0 Å². The predicted molar refractivity (Wildman–Crippen MR) is 132 cm³/mol. The van der Waals surface area contributed by atoms with Crippen LogP contribution >= 0.6 is 12.4 Å². The molecule has 1 saturated heterocycles. The molecule has 32 heavy (non-hydrogen) atoms. The van der Waals surface area contributed by atoms with E-state index in [0.717, 1.165) is 40.2 Å². The minimum Gasteiger partial charge on any atom is -0.326 e. The van der Waals surface area contributed by atoms with E-state index in [-0.39, 0.29) is 30.0 Å². The molecule has 1 aliphatic rings. The number of piperidine rings is 1. The van der Waals surface area contributed by atoms with E-state index in [2.05, 4.69) is 22.5 Å². The van der Waals surface area contributed by atoms with E-state index in [1.165, 1.54) is 13.8 Å². The van der Waals surface area contributed by atoms with E-state index in [1.54, 1.807) is 0 Å². The topological polar surface area (TPSA) is 78.5 Å². The first-order chi connectivity index (χ1) is 14.8. The number of likely N-dealkylation sites (tertiary alicyclic amines) is 1. The summed E-state index contributed by atoms with van der Waals surface area (Å²) in [4.78, 5) is 37.7. The molecular formula is C25H28ClN3O3. The zero-order chi connectivity index (χ0) is 22.4. The fraction of sp³-hybridized carbons (Fsp3) is 0.240. The first-order valence-corrected chi connectivity index (χ1v) is 10.3. The summed E-state index contributed by atoms with van der Waals surface area (Å²) in [6, 6.07) is 14.9. The number of halogens is 1. The normalized spacial score (nSPS) is 16.5. The number of amides is 2. The molecule has 0 bridgehead atoms. The van der Waals surface area contributed by atoms with Crippen molar-refractivity contribution in [2.24, 2.45) is 0 Å². The van der Waals surface area contributed by atoms with Crippen LogP contribution in [0.2, 0.25) is 0 Å². The summed E-state index contributed by atoms with van der Waals surface area (Å²) in [6.45, 7) is 7.05. The highest BCUT2D eigenvalue weighted by Gasteiger charge is 2.25. The second-order valence-electron chi connectivity index (χ2n) is 7.58. The number of Topliss-reactive ketones (excluding diaryl/α,β-unsaturated/α-hetero) is 1. The second-order valence-corrected chi connectivity index (χ2v) is 7.58. The summed E-state index contributed by atoms with van der Waals surface area (Å²) in [7, 11) is 0. The lowest BCUT2D eigenvalue weighted by Crippen LogP contribution is -2.37. The van der Waals surface area contributed by atoms with Crippen LogP contribution in [-0.2, 0) is 14.4 Å². The Balaban J connectivity index is 0.00000363.